The Kier molecular flexibility index (Phi) is 9.05. The van der Waals surface area contributed by atoms with E-state index in [1.807, 2.05) is 62.4 Å². The van der Waals surface area contributed by atoms with Gasteiger partial charge in [-0.2, -0.15) is 0 Å². The molecule has 0 saturated heterocycles. The number of para-hydroxylation sites is 1. The van der Waals surface area contributed by atoms with E-state index in [2.05, 4.69) is 5.32 Å². The Balaban J connectivity index is 1.58. The van der Waals surface area contributed by atoms with E-state index >= 15 is 0 Å². The lowest BCUT2D eigenvalue weighted by Crippen LogP contribution is -2.38. The number of carbonyl (C=O) groups is 1. The summed E-state index contributed by atoms with van der Waals surface area (Å²) in [7, 11) is -4.05. The second-order valence-corrected chi connectivity index (χ2v) is 12.4. The van der Waals surface area contributed by atoms with E-state index in [0.29, 0.717) is 27.2 Å². The number of amides is 1. The highest BCUT2D eigenvalue weighted by molar-refractivity contribution is 7.98. The summed E-state index contributed by atoms with van der Waals surface area (Å²) in [5.41, 5.74) is 4.05. The highest BCUT2D eigenvalue weighted by Gasteiger charge is 2.28. The molecule has 0 heterocycles. The number of hydrogen-bond acceptors (Lipinski definition) is 4. The normalized spacial score (nSPS) is 11.3. The fraction of sp³-hybridized carbons (Fsp3) is 0.138. The van der Waals surface area contributed by atoms with E-state index in [4.69, 9.17) is 23.2 Å². The van der Waals surface area contributed by atoms with Gasteiger partial charge in [-0.05, 0) is 91.2 Å². The van der Waals surface area contributed by atoms with Gasteiger partial charge < -0.3 is 5.32 Å². The minimum absolute atomic E-state index is 0.0480. The standard InChI is InChI=1S/C29H26Cl2N2O3S2/c1-20-7-14-25(17-21(20)2)33(38(35,36)26-15-12-24(31)13-16-26)18-29(34)32-27-5-3-4-6-28(27)37-19-22-8-10-23(30)11-9-22/h3-17H,18-19H2,1-2H3,(H,32,34). The minimum Gasteiger partial charge on any atom is -0.323 e. The average molecular weight is 586 g/mol. The van der Waals surface area contributed by atoms with E-state index in [0.717, 1.165) is 25.9 Å². The molecule has 0 aromatic heterocycles. The van der Waals surface area contributed by atoms with Crippen molar-refractivity contribution in [2.24, 2.45) is 0 Å². The Bertz CT molecular complexity index is 1540. The number of thioether (sulfide) groups is 1. The second-order valence-electron chi connectivity index (χ2n) is 8.69. The van der Waals surface area contributed by atoms with Crippen LogP contribution in [0.1, 0.15) is 16.7 Å². The van der Waals surface area contributed by atoms with Gasteiger partial charge in [0.15, 0.2) is 0 Å². The quantitative estimate of drug-likeness (QED) is 0.204. The Morgan fingerprint density at radius 3 is 2.13 bits per heavy atom. The summed E-state index contributed by atoms with van der Waals surface area (Å²) in [5.74, 6) is 0.226. The number of nitrogens with one attached hydrogen (secondary N) is 1. The van der Waals surface area contributed by atoms with Crippen molar-refractivity contribution in [3.8, 4) is 0 Å². The molecular formula is C29H26Cl2N2O3S2. The summed E-state index contributed by atoms with van der Waals surface area (Å²) in [4.78, 5) is 14.2. The first-order chi connectivity index (χ1) is 18.1. The molecule has 0 aliphatic carbocycles. The van der Waals surface area contributed by atoms with Gasteiger partial charge in [-0.3, -0.25) is 9.10 Å². The van der Waals surface area contributed by atoms with Crippen LogP contribution >= 0.6 is 35.0 Å². The molecule has 0 radical (unpaired) electrons. The van der Waals surface area contributed by atoms with Crippen LogP contribution in [-0.4, -0.2) is 20.9 Å². The lowest BCUT2D eigenvalue weighted by molar-refractivity contribution is -0.114. The van der Waals surface area contributed by atoms with Crippen LogP contribution in [0.15, 0.2) is 101 Å². The summed E-state index contributed by atoms with van der Waals surface area (Å²) in [6, 6.07) is 26.3. The van der Waals surface area contributed by atoms with Crippen LogP contribution < -0.4 is 9.62 Å². The van der Waals surface area contributed by atoms with Crippen LogP contribution in [0.5, 0.6) is 0 Å². The molecule has 0 fully saturated rings. The van der Waals surface area contributed by atoms with E-state index in [1.54, 1.807) is 30.0 Å². The van der Waals surface area contributed by atoms with E-state index in [1.165, 1.54) is 24.3 Å². The fourth-order valence-electron chi connectivity index (χ4n) is 3.69. The molecule has 0 bridgehead atoms. The molecule has 4 aromatic carbocycles. The zero-order valence-corrected chi connectivity index (χ0v) is 24.0. The molecular weight excluding hydrogens is 559 g/mol. The molecule has 1 amide bonds. The zero-order chi connectivity index (χ0) is 27.3. The van der Waals surface area contributed by atoms with Crippen molar-refractivity contribution in [2.75, 3.05) is 16.2 Å². The molecule has 0 spiro atoms. The van der Waals surface area contributed by atoms with Crippen LogP contribution in [0.4, 0.5) is 11.4 Å². The molecule has 1 N–H and O–H groups in total. The number of halogens is 2. The summed E-state index contributed by atoms with van der Waals surface area (Å²) in [6.07, 6.45) is 0. The molecule has 0 aliphatic heterocycles. The summed E-state index contributed by atoms with van der Waals surface area (Å²) < 4.78 is 28.5. The highest BCUT2D eigenvalue weighted by atomic mass is 35.5. The van der Waals surface area contributed by atoms with Crippen LogP contribution in [0.2, 0.25) is 10.0 Å². The lowest BCUT2D eigenvalue weighted by atomic mass is 10.1. The molecule has 0 atom stereocenters. The van der Waals surface area contributed by atoms with Gasteiger partial charge in [-0.25, -0.2) is 8.42 Å². The summed E-state index contributed by atoms with van der Waals surface area (Å²) in [6.45, 7) is 3.45. The minimum atomic E-state index is -4.05. The third-order valence-electron chi connectivity index (χ3n) is 5.94. The third-order valence-corrected chi connectivity index (χ3v) is 9.37. The number of hydrogen-bond donors (Lipinski definition) is 1. The maximum absolute atomic E-state index is 13.7. The van der Waals surface area contributed by atoms with Crippen molar-refractivity contribution >= 4 is 62.3 Å². The van der Waals surface area contributed by atoms with E-state index in [-0.39, 0.29) is 4.90 Å². The van der Waals surface area contributed by atoms with Gasteiger partial charge in [0.2, 0.25) is 5.91 Å². The predicted molar refractivity (Wildman–Crippen MR) is 158 cm³/mol. The summed E-state index contributed by atoms with van der Waals surface area (Å²) in [5, 5.41) is 4.00. The number of aryl methyl sites for hydroxylation is 2. The number of nitrogens with zero attached hydrogens (tertiary/aromatic N) is 1. The summed E-state index contributed by atoms with van der Waals surface area (Å²) >= 11 is 13.5. The van der Waals surface area contributed by atoms with Crippen LogP contribution in [-0.2, 0) is 20.6 Å². The first-order valence-corrected chi connectivity index (χ1v) is 14.9. The number of sulfonamides is 1. The first kappa shape index (κ1) is 28.0. The fourth-order valence-corrected chi connectivity index (χ4v) is 6.32. The Morgan fingerprint density at radius 2 is 1.47 bits per heavy atom. The number of anilines is 2. The maximum Gasteiger partial charge on any atom is 0.264 e. The third kappa shape index (κ3) is 6.91. The number of benzene rings is 4. The molecule has 9 heteroatoms. The van der Waals surface area contributed by atoms with Crippen molar-refractivity contribution in [1.82, 2.24) is 0 Å². The molecule has 4 rings (SSSR count). The van der Waals surface area contributed by atoms with E-state index in [9.17, 15) is 13.2 Å². The van der Waals surface area contributed by atoms with Gasteiger partial charge in [0.05, 0.1) is 16.3 Å². The van der Waals surface area contributed by atoms with E-state index < -0.39 is 22.5 Å². The van der Waals surface area contributed by atoms with Gasteiger partial charge in [0.25, 0.3) is 10.0 Å². The van der Waals surface area contributed by atoms with Crippen LogP contribution in [0.25, 0.3) is 0 Å². The van der Waals surface area contributed by atoms with Crippen molar-refractivity contribution in [1.29, 1.82) is 0 Å². The topological polar surface area (TPSA) is 66.5 Å². The molecule has 0 unspecified atom stereocenters. The molecule has 38 heavy (non-hydrogen) atoms. The monoisotopic (exact) mass is 584 g/mol. The molecule has 5 nitrogen and oxygen atoms in total. The smallest absolute Gasteiger partial charge is 0.264 e. The Labute approximate surface area is 237 Å². The zero-order valence-electron chi connectivity index (χ0n) is 20.8. The van der Waals surface area contributed by atoms with Crippen LogP contribution in [0, 0.1) is 13.8 Å². The first-order valence-electron chi connectivity index (χ1n) is 11.7. The van der Waals surface area contributed by atoms with Gasteiger partial charge in [0, 0.05) is 20.7 Å². The van der Waals surface area contributed by atoms with Crippen molar-refractivity contribution in [2.45, 2.75) is 29.4 Å². The SMILES string of the molecule is Cc1ccc(N(CC(=O)Nc2ccccc2SCc2ccc(Cl)cc2)S(=O)(=O)c2ccc(Cl)cc2)cc1C. The average Bonchev–Trinajstić information content (AvgIpc) is 2.89. The van der Waals surface area contributed by atoms with Crippen LogP contribution in [0.3, 0.4) is 0 Å². The lowest BCUT2D eigenvalue weighted by Gasteiger charge is -2.25. The number of carbonyl (C=O) groups excluding carboxylic acids is 1. The Morgan fingerprint density at radius 1 is 0.842 bits per heavy atom. The van der Waals surface area contributed by atoms with Crippen molar-refractivity contribution in [3.63, 3.8) is 0 Å². The van der Waals surface area contributed by atoms with Gasteiger partial charge in [0.1, 0.15) is 6.54 Å². The van der Waals surface area contributed by atoms with Crippen molar-refractivity contribution in [3.05, 3.63) is 118 Å². The van der Waals surface area contributed by atoms with Gasteiger partial charge in [-0.1, -0.05) is 53.5 Å². The van der Waals surface area contributed by atoms with Gasteiger partial charge in [-0.15, -0.1) is 11.8 Å². The molecule has 4 aromatic rings. The Hall–Kier alpha value is -2.97. The highest BCUT2D eigenvalue weighted by Crippen LogP contribution is 2.31. The molecule has 0 saturated carbocycles. The molecule has 196 valence electrons. The van der Waals surface area contributed by atoms with Gasteiger partial charge >= 0.3 is 0 Å². The number of rotatable bonds is 9. The maximum atomic E-state index is 13.7. The molecule has 0 aliphatic rings. The predicted octanol–water partition coefficient (Wildman–Crippen LogP) is 7.74. The second kappa shape index (κ2) is 12.3. The largest absolute Gasteiger partial charge is 0.323 e. The van der Waals surface area contributed by atoms with Crippen molar-refractivity contribution < 1.29 is 13.2 Å².